The van der Waals surface area contributed by atoms with Crippen molar-refractivity contribution in [2.75, 3.05) is 32.1 Å². The van der Waals surface area contributed by atoms with Crippen LogP contribution in [0.3, 0.4) is 0 Å². The smallest absolute Gasteiger partial charge is 0.224 e. The molecule has 174 valence electrons. The molecule has 2 aromatic heterocycles. The zero-order valence-corrected chi connectivity index (χ0v) is 19.4. The van der Waals surface area contributed by atoms with E-state index in [0.717, 1.165) is 59.2 Å². The maximum absolute atomic E-state index is 13.5. The SMILES string of the molecule is Fc1ccc(-c2nc3n(c2CN2CCOC(COc4ncnc5ccccc45)C2)CCS3)cc1. The van der Waals surface area contributed by atoms with E-state index >= 15 is 0 Å². The van der Waals surface area contributed by atoms with Crippen molar-refractivity contribution in [1.29, 1.82) is 0 Å². The van der Waals surface area contributed by atoms with Crippen LogP contribution in [-0.2, 0) is 17.8 Å². The van der Waals surface area contributed by atoms with Crippen molar-refractivity contribution in [3.05, 3.63) is 66.4 Å². The molecule has 0 bridgehead atoms. The van der Waals surface area contributed by atoms with Gasteiger partial charge in [-0.1, -0.05) is 23.9 Å². The standard InChI is InChI=1S/C25H24FN5O2S/c26-18-7-5-17(6-8-18)23-22(31-10-12-34-25(31)29-23)14-30-9-11-32-19(13-30)15-33-24-20-3-1-2-4-21(20)27-16-28-24/h1-8,16,19H,9-15H2. The van der Waals surface area contributed by atoms with Crippen LogP contribution in [0.15, 0.2) is 60.0 Å². The molecule has 2 aliphatic rings. The molecule has 1 atom stereocenters. The number of ether oxygens (including phenoxy) is 2. The predicted octanol–water partition coefficient (Wildman–Crippen LogP) is 4.02. The third-order valence-electron chi connectivity index (χ3n) is 6.21. The summed E-state index contributed by atoms with van der Waals surface area (Å²) in [7, 11) is 0. The van der Waals surface area contributed by atoms with Crippen LogP contribution < -0.4 is 4.74 Å². The molecule has 0 amide bonds. The van der Waals surface area contributed by atoms with Crippen LogP contribution >= 0.6 is 11.8 Å². The lowest BCUT2D eigenvalue weighted by Crippen LogP contribution is -2.44. The molecule has 6 rings (SSSR count). The largest absolute Gasteiger partial charge is 0.474 e. The van der Waals surface area contributed by atoms with E-state index in [-0.39, 0.29) is 11.9 Å². The Kier molecular flexibility index (Phi) is 5.90. The Morgan fingerprint density at radius 2 is 1.97 bits per heavy atom. The lowest BCUT2D eigenvalue weighted by molar-refractivity contribution is -0.0512. The summed E-state index contributed by atoms with van der Waals surface area (Å²) in [6.07, 6.45) is 1.47. The number of nitrogens with zero attached hydrogens (tertiary/aromatic N) is 5. The first-order valence-corrected chi connectivity index (χ1v) is 12.4. The van der Waals surface area contributed by atoms with Gasteiger partial charge in [0.1, 0.15) is 24.9 Å². The van der Waals surface area contributed by atoms with E-state index < -0.39 is 0 Å². The van der Waals surface area contributed by atoms with Crippen molar-refractivity contribution in [3.8, 4) is 17.1 Å². The van der Waals surface area contributed by atoms with Crippen LogP contribution in [0.25, 0.3) is 22.2 Å². The predicted molar refractivity (Wildman–Crippen MR) is 128 cm³/mol. The second-order valence-corrected chi connectivity index (χ2v) is 9.49. The quantitative estimate of drug-likeness (QED) is 0.416. The minimum atomic E-state index is -0.237. The Labute approximate surface area is 200 Å². The Bertz CT molecular complexity index is 1310. The first-order chi connectivity index (χ1) is 16.7. The summed E-state index contributed by atoms with van der Waals surface area (Å²) in [5.41, 5.74) is 3.92. The molecular weight excluding hydrogens is 453 g/mol. The first-order valence-electron chi connectivity index (χ1n) is 11.4. The number of imidazole rings is 1. The number of aromatic nitrogens is 4. The van der Waals surface area contributed by atoms with Crippen LogP contribution in [0.2, 0.25) is 0 Å². The number of halogens is 1. The average molecular weight is 478 g/mol. The molecule has 2 aromatic carbocycles. The molecule has 2 aliphatic heterocycles. The Morgan fingerprint density at radius 3 is 2.88 bits per heavy atom. The first kappa shape index (κ1) is 21.5. The fraction of sp³-hybridized carbons (Fsp3) is 0.320. The monoisotopic (exact) mass is 477 g/mol. The van der Waals surface area contributed by atoms with E-state index in [1.54, 1.807) is 11.8 Å². The summed E-state index contributed by atoms with van der Waals surface area (Å²) in [6.45, 7) is 4.35. The molecule has 1 saturated heterocycles. The highest BCUT2D eigenvalue weighted by molar-refractivity contribution is 7.99. The summed E-state index contributed by atoms with van der Waals surface area (Å²) < 4.78 is 27.9. The van der Waals surface area contributed by atoms with E-state index in [9.17, 15) is 4.39 Å². The number of fused-ring (bicyclic) bond motifs is 2. The number of hydrogen-bond acceptors (Lipinski definition) is 7. The van der Waals surface area contributed by atoms with Crippen molar-refractivity contribution in [1.82, 2.24) is 24.4 Å². The van der Waals surface area contributed by atoms with Crippen molar-refractivity contribution in [3.63, 3.8) is 0 Å². The fourth-order valence-corrected chi connectivity index (χ4v) is 5.51. The second kappa shape index (κ2) is 9.32. The zero-order valence-electron chi connectivity index (χ0n) is 18.6. The van der Waals surface area contributed by atoms with Crippen molar-refractivity contribution in [2.24, 2.45) is 0 Å². The Balaban J connectivity index is 1.17. The van der Waals surface area contributed by atoms with Crippen molar-refractivity contribution >= 4 is 22.7 Å². The van der Waals surface area contributed by atoms with Gasteiger partial charge in [0.15, 0.2) is 5.16 Å². The van der Waals surface area contributed by atoms with Gasteiger partial charge in [0, 0.05) is 37.5 Å². The molecule has 1 unspecified atom stereocenters. The van der Waals surface area contributed by atoms with Gasteiger partial charge >= 0.3 is 0 Å². The van der Waals surface area contributed by atoms with E-state index in [2.05, 4.69) is 19.4 Å². The average Bonchev–Trinajstić information content (AvgIpc) is 3.46. The number of rotatable bonds is 6. The molecule has 0 radical (unpaired) electrons. The summed E-state index contributed by atoms with van der Waals surface area (Å²) >= 11 is 1.77. The van der Waals surface area contributed by atoms with E-state index in [1.807, 2.05) is 36.4 Å². The normalized spacial score (nSPS) is 18.3. The number of thioether (sulfide) groups is 1. The molecule has 0 aliphatic carbocycles. The molecule has 1 fully saturated rings. The minimum absolute atomic E-state index is 0.0629. The molecular formula is C25H24FN5O2S. The number of morpholine rings is 1. The number of para-hydroxylation sites is 1. The number of benzene rings is 2. The van der Waals surface area contributed by atoms with Crippen LogP contribution in [-0.4, -0.2) is 62.6 Å². The lowest BCUT2D eigenvalue weighted by atomic mass is 10.1. The third kappa shape index (κ3) is 4.26. The van der Waals surface area contributed by atoms with Gasteiger partial charge in [-0.25, -0.2) is 19.3 Å². The highest BCUT2D eigenvalue weighted by Gasteiger charge is 2.27. The highest BCUT2D eigenvalue weighted by Crippen LogP contribution is 2.34. The van der Waals surface area contributed by atoms with Crippen molar-refractivity contribution < 1.29 is 13.9 Å². The van der Waals surface area contributed by atoms with E-state index in [1.165, 1.54) is 24.2 Å². The zero-order chi connectivity index (χ0) is 22.9. The summed E-state index contributed by atoms with van der Waals surface area (Å²) in [5, 5.41) is 1.94. The van der Waals surface area contributed by atoms with Gasteiger partial charge in [-0.3, -0.25) is 4.90 Å². The molecule has 9 heteroatoms. The van der Waals surface area contributed by atoms with Gasteiger partial charge in [-0.05, 0) is 36.4 Å². The topological polar surface area (TPSA) is 65.3 Å². The molecule has 7 nitrogen and oxygen atoms in total. The van der Waals surface area contributed by atoms with Gasteiger partial charge in [0.25, 0.3) is 0 Å². The molecule has 34 heavy (non-hydrogen) atoms. The van der Waals surface area contributed by atoms with Crippen LogP contribution in [0.4, 0.5) is 4.39 Å². The summed E-state index contributed by atoms with van der Waals surface area (Å²) in [6, 6.07) is 14.4. The van der Waals surface area contributed by atoms with Crippen LogP contribution in [0, 0.1) is 5.82 Å². The van der Waals surface area contributed by atoms with E-state index in [0.29, 0.717) is 19.1 Å². The number of hydrogen-bond donors (Lipinski definition) is 0. The maximum Gasteiger partial charge on any atom is 0.224 e. The van der Waals surface area contributed by atoms with Gasteiger partial charge in [-0.15, -0.1) is 0 Å². The lowest BCUT2D eigenvalue weighted by Gasteiger charge is -2.33. The molecule has 0 N–H and O–H groups in total. The Hall–Kier alpha value is -3.01. The Morgan fingerprint density at radius 1 is 1.09 bits per heavy atom. The molecule has 4 aromatic rings. The van der Waals surface area contributed by atoms with Crippen LogP contribution in [0.5, 0.6) is 5.88 Å². The molecule has 4 heterocycles. The molecule has 0 spiro atoms. The summed E-state index contributed by atoms with van der Waals surface area (Å²) in [4.78, 5) is 15.9. The third-order valence-corrected chi connectivity index (χ3v) is 7.17. The van der Waals surface area contributed by atoms with E-state index in [4.69, 9.17) is 14.5 Å². The van der Waals surface area contributed by atoms with Gasteiger partial charge in [0.05, 0.1) is 28.9 Å². The van der Waals surface area contributed by atoms with Gasteiger partial charge in [0.2, 0.25) is 5.88 Å². The minimum Gasteiger partial charge on any atom is -0.474 e. The highest BCUT2D eigenvalue weighted by atomic mass is 32.2. The maximum atomic E-state index is 13.5. The summed E-state index contributed by atoms with van der Waals surface area (Å²) in [5.74, 6) is 1.38. The van der Waals surface area contributed by atoms with Gasteiger partial charge in [-0.2, -0.15) is 0 Å². The van der Waals surface area contributed by atoms with Crippen LogP contribution in [0.1, 0.15) is 5.69 Å². The van der Waals surface area contributed by atoms with Gasteiger partial charge < -0.3 is 14.0 Å². The fourth-order valence-electron chi connectivity index (χ4n) is 4.54. The second-order valence-electron chi connectivity index (χ2n) is 8.43. The molecule has 0 saturated carbocycles. The van der Waals surface area contributed by atoms with Crippen molar-refractivity contribution in [2.45, 2.75) is 24.3 Å².